The Kier molecular flexibility index (Phi) is 6.62. The van der Waals surface area contributed by atoms with Crippen LogP contribution >= 0.6 is 0 Å². The fourth-order valence-corrected chi connectivity index (χ4v) is 10.1. The molecule has 9 aromatic carbocycles. The molecule has 1 aliphatic heterocycles. The summed E-state index contributed by atoms with van der Waals surface area (Å²) in [7, 11) is 0. The minimum absolute atomic E-state index is 0.487. The Bertz CT molecular complexity index is 3320. The van der Waals surface area contributed by atoms with Crippen LogP contribution in [-0.4, -0.2) is 0 Å². The minimum atomic E-state index is -0.487. The van der Waals surface area contributed by atoms with Crippen molar-refractivity contribution in [3.63, 3.8) is 0 Å². The van der Waals surface area contributed by atoms with Crippen molar-refractivity contribution in [3.8, 4) is 56.4 Å². The number of ether oxygens (including phenoxy) is 2. The van der Waals surface area contributed by atoms with E-state index in [0.717, 1.165) is 67.0 Å². The van der Waals surface area contributed by atoms with E-state index in [1.54, 1.807) is 0 Å². The minimum Gasteiger partial charge on any atom is -0.456 e. The highest BCUT2D eigenvalue weighted by Gasteiger charge is 2.53. The van der Waals surface area contributed by atoms with Gasteiger partial charge in [-0.05, 0) is 111 Å². The van der Waals surface area contributed by atoms with E-state index in [1.807, 2.05) is 24.3 Å². The van der Waals surface area contributed by atoms with E-state index in [0.29, 0.717) is 17.2 Å². The zero-order chi connectivity index (χ0) is 38.7. The average molecular weight is 756 g/mol. The van der Waals surface area contributed by atoms with Crippen molar-refractivity contribution in [2.75, 3.05) is 4.90 Å². The summed E-state index contributed by atoms with van der Waals surface area (Å²) in [5.41, 5.74) is 16.2. The Hall–Kier alpha value is -7.82. The zero-order valence-corrected chi connectivity index (χ0v) is 31.7. The van der Waals surface area contributed by atoms with Crippen molar-refractivity contribution in [2.24, 2.45) is 0 Å². The van der Waals surface area contributed by atoms with E-state index >= 15 is 0 Å². The molecule has 2 aliphatic carbocycles. The molecule has 0 N–H and O–H groups in total. The Balaban J connectivity index is 0.983. The van der Waals surface area contributed by atoms with Gasteiger partial charge in [-0.3, -0.25) is 0 Å². The number of anilines is 3. The van der Waals surface area contributed by atoms with Gasteiger partial charge in [-0.15, -0.1) is 0 Å². The fourth-order valence-electron chi connectivity index (χ4n) is 10.1. The molecule has 0 amide bonds. The highest BCUT2D eigenvalue weighted by Crippen LogP contribution is 2.67. The number of fused-ring (bicyclic) bond motifs is 16. The maximum atomic E-state index is 7.33. The molecule has 1 spiro atoms. The molecule has 3 aliphatic rings. The maximum Gasteiger partial charge on any atom is 0.194 e. The van der Waals surface area contributed by atoms with Gasteiger partial charge in [-0.2, -0.15) is 0 Å². The van der Waals surface area contributed by atoms with E-state index in [4.69, 9.17) is 13.9 Å². The first-order valence-corrected chi connectivity index (χ1v) is 20.1. The Labute approximate surface area is 340 Å². The Morgan fingerprint density at radius 1 is 0.373 bits per heavy atom. The highest BCUT2D eigenvalue weighted by atomic mass is 16.6. The summed E-state index contributed by atoms with van der Waals surface area (Å²) in [4.78, 5) is 2.27. The molecule has 0 radical (unpaired) electrons. The SMILES string of the molecule is c1ccc(N(c2cccc(-c3ccc4oc5ccccc5c4c3)c2)c2cccc3c2Oc2c(ccc4c2-c2ccccc2C42c4ccccc4-c4ccccc42)O3)cc1. The summed E-state index contributed by atoms with van der Waals surface area (Å²) < 4.78 is 20.4. The van der Waals surface area contributed by atoms with Crippen LogP contribution in [0.2, 0.25) is 0 Å². The van der Waals surface area contributed by atoms with Crippen LogP contribution in [0, 0.1) is 0 Å². The molecule has 1 aromatic heterocycles. The lowest BCUT2D eigenvalue weighted by Gasteiger charge is -2.32. The van der Waals surface area contributed by atoms with Crippen LogP contribution in [0.5, 0.6) is 23.0 Å². The smallest absolute Gasteiger partial charge is 0.194 e. The molecule has 276 valence electrons. The Morgan fingerprint density at radius 2 is 1.00 bits per heavy atom. The number of benzene rings is 9. The molecular formula is C55H33NO3. The standard InChI is InChI=1S/C55H33NO3/c1-2-15-36(16-3-1)56(37-17-12-14-34(32-37)35-28-30-49-42(33-35)40-20-7-11-26-48(40)57-49)47-25-13-27-50-53(47)59-54-51(58-50)31-29-46-52(54)41-21-6-10-24-45(41)55(46)43-22-8-4-18-38(43)39-19-5-9-23-44(39)55/h1-33H. The third-order valence-electron chi connectivity index (χ3n) is 12.5. The number of furan rings is 1. The molecule has 0 fully saturated rings. The number of hydrogen-bond donors (Lipinski definition) is 0. The quantitative estimate of drug-likeness (QED) is 0.179. The summed E-state index contributed by atoms with van der Waals surface area (Å²) in [6.45, 7) is 0. The molecule has 0 bridgehead atoms. The van der Waals surface area contributed by atoms with E-state index < -0.39 is 5.41 Å². The second kappa shape index (κ2) is 12.1. The van der Waals surface area contributed by atoms with Crippen molar-refractivity contribution in [1.82, 2.24) is 0 Å². The molecule has 4 nitrogen and oxygen atoms in total. The third kappa shape index (κ3) is 4.43. The van der Waals surface area contributed by atoms with Crippen LogP contribution in [0.15, 0.2) is 205 Å². The van der Waals surface area contributed by atoms with Gasteiger partial charge in [0.05, 0.1) is 11.1 Å². The lowest BCUT2D eigenvalue weighted by molar-refractivity contribution is 0.361. The van der Waals surface area contributed by atoms with Crippen molar-refractivity contribution >= 4 is 39.0 Å². The topological polar surface area (TPSA) is 34.8 Å². The Morgan fingerprint density at radius 3 is 1.81 bits per heavy atom. The summed E-state index contributed by atoms with van der Waals surface area (Å²) >= 11 is 0. The van der Waals surface area contributed by atoms with Crippen molar-refractivity contribution in [2.45, 2.75) is 5.41 Å². The lowest BCUT2D eigenvalue weighted by Crippen LogP contribution is -2.25. The van der Waals surface area contributed by atoms with Crippen molar-refractivity contribution in [3.05, 3.63) is 222 Å². The molecular weight excluding hydrogens is 723 g/mol. The van der Waals surface area contributed by atoms with Gasteiger partial charge < -0.3 is 18.8 Å². The van der Waals surface area contributed by atoms with Gasteiger partial charge in [0.2, 0.25) is 0 Å². The normalized spacial score (nSPS) is 13.5. The van der Waals surface area contributed by atoms with E-state index in [2.05, 4.69) is 181 Å². The third-order valence-corrected chi connectivity index (χ3v) is 12.5. The molecule has 13 rings (SSSR count). The maximum absolute atomic E-state index is 7.33. The number of para-hydroxylation sites is 3. The summed E-state index contributed by atoms with van der Waals surface area (Å²) in [6.07, 6.45) is 0. The number of hydrogen-bond acceptors (Lipinski definition) is 4. The van der Waals surface area contributed by atoms with E-state index in [-0.39, 0.29) is 0 Å². The van der Waals surface area contributed by atoms with Gasteiger partial charge in [-0.1, -0.05) is 140 Å². The number of rotatable bonds is 4. The molecule has 59 heavy (non-hydrogen) atoms. The molecule has 0 saturated carbocycles. The lowest BCUT2D eigenvalue weighted by atomic mass is 9.70. The molecule has 10 aromatic rings. The van der Waals surface area contributed by atoms with Crippen LogP contribution in [0.25, 0.3) is 55.3 Å². The summed E-state index contributed by atoms with van der Waals surface area (Å²) in [5.74, 6) is 2.77. The van der Waals surface area contributed by atoms with Gasteiger partial charge >= 0.3 is 0 Å². The van der Waals surface area contributed by atoms with E-state index in [1.165, 1.54) is 33.4 Å². The van der Waals surface area contributed by atoms with Crippen LogP contribution in [0.4, 0.5) is 17.1 Å². The molecule has 0 saturated heterocycles. The fraction of sp³-hybridized carbons (Fsp3) is 0.0182. The van der Waals surface area contributed by atoms with E-state index in [9.17, 15) is 0 Å². The first kappa shape index (κ1) is 32.3. The summed E-state index contributed by atoms with van der Waals surface area (Å²) in [6, 6.07) is 70.9. The average Bonchev–Trinajstić information content (AvgIpc) is 3.93. The predicted molar refractivity (Wildman–Crippen MR) is 237 cm³/mol. The van der Waals surface area contributed by atoms with Crippen molar-refractivity contribution < 1.29 is 13.9 Å². The molecule has 4 heteroatoms. The van der Waals surface area contributed by atoms with Gasteiger partial charge in [0.1, 0.15) is 11.2 Å². The van der Waals surface area contributed by atoms with Crippen LogP contribution in [0.1, 0.15) is 22.3 Å². The monoisotopic (exact) mass is 755 g/mol. The second-order valence-electron chi connectivity index (χ2n) is 15.5. The molecule has 2 heterocycles. The molecule has 0 unspecified atom stereocenters. The van der Waals surface area contributed by atoms with Crippen LogP contribution in [-0.2, 0) is 5.41 Å². The first-order valence-electron chi connectivity index (χ1n) is 20.1. The van der Waals surface area contributed by atoms with Crippen molar-refractivity contribution in [1.29, 1.82) is 0 Å². The second-order valence-corrected chi connectivity index (χ2v) is 15.5. The van der Waals surface area contributed by atoms with Gasteiger partial charge in [0.25, 0.3) is 0 Å². The first-order chi connectivity index (χ1) is 29.3. The molecule has 0 atom stereocenters. The number of nitrogens with zero attached hydrogens (tertiary/aromatic N) is 1. The largest absolute Gasteiger partial charge is 0.456 e. The van der Waals surface area contributed by atoms with Gasteiger partial charge in [0, 0.05) is 27.7 Å². The van der Waals surface area contributed by atoms with Crippen LogP contribution in [0.3, 0.4) is 0 Å². The van der Waals surface area contributed by atoms with Gasteiger partial charge in [-0.25, -0.2) is 0 Å². The highest BCUT2D eigenvalue weighted by molar-refractivity contribution is 6.06. The predicted octanol–water partition coefficient (Wildman–Crippen LogP) is 15.0. The van der Waals surface area contributed by atoms with Crippen LogP contribution < -0.4 is 14.4 Å². The zero-order valence-electron chi connectivity index (χ0n) is 31.7. The van der Waals surface area contributed by atoms with Gasteiger partial charge in [0.15, 0.2) is 23.0 Å². The summed E-state index contributed by atoms with van der Waals surface area (Å²) in [5, 5.41) is 2.21.